The average molecular weight is 301 g/mol. The number of fused-ring (bicyclic) bond motifs is 1. The fourth-order valence-electron chi connectivity index (χ4n) is 4.60. The Morgan fingerprint density at radius 1 is 1.41 bits per heavy atom. The van der Waals surface area contributed by atoms with Gasteiger partial charge in [0.15, 0.2) is 11.5 Å². The molecule has 0 fully saturated rings. The maximum Gasteiger partial charge on any atom is 0.162 e. The van der Waals surface area contributed by atoms with Gasteiger partial charge in [0.2, 0.25) is 0 Å². The normalized spacial score (nSPS) is 33.2. The van der Waals surface area contributed by atoms with E-state index < -0.39 is 0 Å². The Kier molecular flexibility index (Phi) is 3.03. The van der Waals surface area contributed by atoms with Crippen LogP contribution in [0.2, 0.25) is 0 Å². The molecule has 4 rings (SSSR count). The van der Waals surface area contributed by atoms with Crippen LogP contribution in [0.4, 0.5) is 0 Å². The van der Waals surface area contributed by atoms with E-state index in [0.29, 0.717) is 17.5 Å². The van der Waals surface area contributed by atoms with Crippen molar-refractivity contribution in [1.82, 2.24) is 4.90 Å². The minimum Gasteiger partial charge on any atom is -0.504 e. The fraction of sp³-hybridized carbons (Fsp3) is 0.556. The third-order valence-corrected chi connectivity index (χ3v) is 5.79. The largest absolute Gasteiger partial charge is 0.504 e. The Hall–Kier alpha value is -1.52. The summed E-state index contributed by atoms with van der Waals surface area (Å²) in [5.74, 6) is 0.873. The van der Waals surface area contributed by atoms with Crippen LogP contribution in [0, 0.1) is 0 Å². The van der Waals surface area contributed by atoms with E-state index >= 15 is 0 Å². The second-order valence-electron chi connectivity index (χ2n) is 6.95. The van der Waals surface area contributed by atoms with Gasteiger partial charge >= 0.3 is 0 Å². The van der Waals surface area contributed by atoms with Gasteiger partial charge in [0.05, 0.1) is 13.2 Å². The lowest BCUT2D eigenvalue weighted by Gasteiger charge is -2.33. The number of aliphatic hydroxyl groups is 1. The summed E-state index contributed by atoms with van der Waals surface area (Å²) in [6, 6.07) is 2.37. The average Bonchev–Trinajstić information content (AvgIpc) is 2.86. The summed E-state index contributed by atoms with van der Waals surface area (Å²) < 4.78 is 5.42. The molecule has 118 valence electrons. The van der Waals surface area contributed by atoms with Crippen molar-refractivity contribution in [3.05, 3.63) is 34.9 Å². The standard InChI is InChI=1S/C18H23NO3/c1-19-8-5-11-9-14(22-2)17(21)16-15(11)13(19)10-18(16)6-3-12(20)4-7-18/h3,6,9,12-13,20-21H,4-5,7-8,10H2,1-2H3/t12-,13+,18+/m1/s1. The molecular weight excluding hydrogens is 278 g/mol. The van der Waals surface area contributed by atoms with Crippen molar-refractivity contribution in [3.8, 4) is 11.5 Å². The fourth-order valence-corrected chi connectivity index (χ4v) is 4.60. The lowest BCUT2D eigenvalue weighted by atomic mass is 9.73. The van der Waals surface area contributed by atoms with Crippen LogP contribution in [0.5, 0.6) is 11.5 Å². The molecule has 2 N–H and O–H groups in total. The lowest BCUT2D eigenvalue weighted by Crippen LogP contribution is -2.32. The van der Waals surface area contributed by atoms with Crippen LogP contribution in [-0.2, 0) is 11.8 Å². The number of rotatable bonds is 1. The van der Waals surface area contributed by atoms with E-state index in [1.54, 1.807) is 7.11 Å². The van der Waals surface area contributed by atoms with Crippen LogP contribution in [0.25, 0.3) is 0 Å². The zero-order valence-corrected chi connectivity index (χ0v) is 13.2. The van der Waals surface area contributed by atoms with E-state index in [1.165, 1.54) is 11.1 Å². The Morgan fingerprint density at radius 3 is 2.91 bits per heavy atom. The van der Waals surface area contributed by atoms with Crippen LogP contribution >= 0.6 is 0 Å². The Balaban J connectivity index is 1.96. The van der Waals surface area contributed by atoms with Gasteiger partial charge in [0.1, 0.15) is 0 Å². The second-order valence-corrected chi connectivity index (χ2v) is 6.95. The monoisotopic (exact) mass is 301 g/mol. The minimum absolute atomic E-state index is 0.162. The van der Waals surface area contributed by atoms with Crippen LogP contribution in [0.1, 0.15) is 42.0 Å². The molecule has 3 aliphatic rings. The summed E-state index contributed by atoms with van der Waals surface area (Å²) in [6.45, 7) is 1.04. The van der Waals surface area contributed by atoms with Crippen molar-refractivity contribution >= 4 is 0 Å². The summed E-state index contributed by atoms with van der Waals surface area (Å²) >= 11 is 0. The van der Waals surface area contributed by atoms with Crippen LogP contribution in [0.15, 0.2) is 18.2 Å². The maximum atomic E-state index is 10.8. The molecule has 0 radical (unpaired) electrons. The maximum absolute atomic E-state index is 10.8. The summed E-state index contributed by atoms with van der Waals surface area (Å²) in [5.41, 5.74) is 3.49. The number of phenolic OH excluding ortho intramolecular Hbond substituents is 1. The molecule has 0 unspecified atom stereocenters. The molecule has 1 spiro atoms. The van der Waals surface area contributed by atoms with Crippen molar-refractivity contribution in [2.24, 2.45) is 0 Å². The van der Waals surface area contributed by atoms with E-state index in [-0.39, 0.29) is 11.5 Å². The number of aliphatic hydroxyl groups excluding tert-OH is 1. The van der Waals surface area contributed by atoms with Gasteiger partial charge in [-0.05, 0) is 49.9 Å². The third-order valence-electron chi connectivity index (χ3n) is 5.79. The van der Waals surface area contributed by atoms with Gasteiger partial charge in [-0.2, -0.15) is 0 Å². The molecule has 1 heterocycles. The highest BCUT2D eigenvalue weighted by Crippen LogP contribution is 2.59. The van der Waals surface area contributed by atoms with Gasteiger partial charge in [0, 0.05) is 23.6 Å². The van der Waals surface area contributed by atoms with E-state index in [9.17, 15) is 10.2 Å². The second kappa shape index (κ2) is 4.74. The highest BCUT2D eigenvalue weighted by molar-refractivity contribution is 5.63. The van der Waals surface area contributed by atoms with Gasteiger partial charge < -0.3 is 14.9 Å². The zero-order chi connectivity index (χ0) is 15.5. The Bertz CT molecular complexity index is 654. The van der Waals surface area contributed by atoms with Gasteiger partial charge in [-0.25, -0.2) is 0 Å². The molecule has 0 saturated carbocycles. The number of phenols is 1. The van der Waals surface area contributed by atoms with E-state index in [4.69, 9.17) is 4.74 Å². The number of aromatic hydroxyl groups is 1. The first-order valence-corrected chi connectivity index (χ1v) is 8.06. The number of methoxy groups -OCH3 is 1. The van der Waals surface area contributed by atoms with Gasteiger partial charge in [-0.1, -0.05) is 12.2 Å². The summed E-state index contributed by atoms with van der Waals surface area (Å²) in [5, 5.41) is 20.6. The molecule has 4 heteroatoms. The molecule has 0 aromatic heterocycles. The SMILES string of the molecule is COc1cc2c3c(c1O)[C@]1(C=C[C@@H](O)CC1)C[C@@H]3N(C)CC2. The molecule has 3 atom stereocenters. The first-order chi connectivity index (χ1) is 10.6. The predicted octanol–water partition coefficient (Wildman–Crippen LogP) is 2.28. The number of hydrogen-bond acceptors (Lipinski definition) is 4. The van der Waals surface area contributed by atoms with Crippen molar-refractivity contribution in [2.75, 3.05) is 20.7 Å². The molecule has 0 saturated heterocycles. The van der Waals surface area contributed by atoms with Gasteiger partial charge in [-0.15, -0.1) is 0 Å². The molecule has 1 aromatic carbocycles. The van der Waals surface area contributed by atoms with Gasteiger partial charge in [-0.3, -0.25) is 4.90 Å². The molecule has 22 heavy (non-hydrogen) atoms. The molecular formula is C18H23NO3. The van der Waals surface area contributed by atoms with Crippen molar-refractivity contribution < 1.29 is 14.9 Å². The number of likely N-dealkylation sites (N-methyl/N-ethyl adjacent to an activating group) is 1. The van der Waals surface area contributed by atoms with Crippen molar-refractivity contribution in [3.63, 3.8) is 0 Å². The Labute approximate surface area is 131 Å². The first kappa shape index (κ1) is 14.1. The Morgan fingerprint density at radius 2 is 2.23 bits per heavy atom. The predicted molar refractivity (Wildman–Crippen MR) is 84.4 cm³/mol. The summed E-state index contributed by atoms with van der Waals surface area (Å²) in [4.78, 5) is 2.39. The van der Waals surface area contributed by atoms with Gasteiger partial charge in [0.25, 0.3) is 0 Å². The first-order valence-electron chi connectivity index (χ1n) is 8.06. The topological polar surface area (TPSA) is 52.9 Å². The van der Waals surface area contributed by atoms with E-state index in [2.05, 4.69) is 18.0 Å². The number of nitrogens with zero attached hydrogens (tertiary/aromatic N) is 1. The number of benzene rings is 1. The summed E-state index contributed by atoms with van der Waals surface area (Å²) in [7, 11) is 3.78. The smallest absolute Gasteiger partial charge is 0.162 e. The zero-order valence-electron chi connectivity index (χ0n) is 13.2. The van der Waals surface area contributed by atoms with Crippen LogP contribution in [0.3, 0.4) is 0 Å². The molecule has 4 nitrogen and oxygen atoms in total. The highest BCUT2D eigenvalue weighted by atomic mass is 16.5. The minimum atomic E-state index is -0.358. The molecule has 0 amide bonds. The van der Waals surface area contributed by atoms with Crippen LogP contribution in [-0.4, -0.2) is 41.9 Å². The number of ether oxygens (including phenoxy) is 1. The third kappa shape index (κ3) is 1.77. The number of allylic oxidation sites excluding steroid dienone is 1. The highest BCUT2D eigenvalue weighted by Gasteiger charge is 2.49. The summed E-state index contributed by atoms with van der Waals surface area (Å²) in [6.07, 6.45) is 7.27. The van der Waals surface area contributed by atoms with Crippen molar-refractivity contribution in [1.29, 1.82) is 0 Å². The molecule has 1 aliphatic heterocycles. The van der Waals surface area contributed by atoms with Crippen molar-refractivity contribution in [2.45, 2.75) is 43.2 Å². The van der Waals surface area contributed by atoms with Crippen LogP contribution < -0.4 is 4.74 Å². The number of hydrogen-bond donors (Lipinski definition) is 2. The molecule has 1 aromatic rings. The lowest BCUT2D eigenvalue weighted by molar-refractivity contribution is 0.172. The molecule has 0 bridgehead atoms. The van der Waals surface area contributed by atoms with E-state index in [0.717, 1.165) is 37.8 Å². The molecule has 2 aliphatic carbocycles. The quantitative estimate of drug-likeness (QED) is 0.782. The van der Waals surface area contributed by atoms with E-state index in [1.807, 2.05) is 12.1 Å².